The Balaban J connectivity index is 0. The van der Waals surface area contributed by atoms with Crippen LogP contribution in [0.3, 0.4) is 0 Å². The van der Waals surface area contributed by atoms with Gasteiger partial charge in [-0.15, -0.1) is 0 Å². The number of hydrogen-bond donors (Lipinski definition) is 0. The van der Waals surface area contributed by atoms with Gasteiger partial charge in [0.1, 0.15) is 0 Å². The lowest BCUT2D eigenvalue weighted by Gasteiger charge is -2.34. The van der Waals surface area contributed by atoms with Crippen LogP contribution in [0.1, 0.15) is 59.3 Å². The smallest absolute Gasteiger partial charge is 0.0784 e. The average Bonchev–Trinajstić information content (AvgIpc) is 2.33. The molecule has 0 rings (SSSR count). The molecule has 0 aliphatic rings. The van der Waals surface area contributed by atoms with Crippen LogP contribution in [0, 0.1) is 11.5 Å². The van der Waals surface area contributed by atoms with Gasteiger partial charge in [-0.05, 0) is 19.3 Å². The van der Waals surface area contributed by atoms with Crippen LogP contribution >= 0.6 is 0 Å². The van der Waals surface area contributed by atoms with Gasteiger partial charge in [-0.2, -0.15) is 0 Å². The van der Waals surface area contributed by atoms with E-state index in [1.807, 2.05) is 0 Å². The van der Waals surface area contributed by atoms with E-state index >= 15 is 0 Å². The van der Waals surface area contributed by atoms with Crippen molar-refractivity contribution < 1.29 is 9.59 Å². The second-order valence-corrected chi connectivity index (χ2v) is 4.94. The zero-order valence-corrected chi connectivity index (χ0v) is 12.2. The van der Waals surface area contributed by atoms with E-state index in [4.69, 9.17) is 10.4 Å². The molecule has 0 N–H and O–H groups in total. The molecule has 0 aromatic heterocycles. The molecule has 0 saturated heterocycles. The fourth-order valence-corrected chi connectivity index (χ4v) is 1.95. The summed E-state index contributed by atoms with van der Waals surface area (Å²) in [5.74, 6) is 0. The molecule has 3 nitrogen and oxygen atoms in total. The average molecular weight is 242 g/mol. The molecular weight excluding hydrogens is 212 g/mol. The topological polar surface area (TPSA) is 46.8 Å². The van der Waals surface area contributed by atoms with E-state index in [1.165, 1.54) is 62.6 Å². The summed E-state index contributed by atoms with van der Waals surface area (Å²) in [5, 5.41) is 15.0. The molecule has 0 aromatic carbocycles. The van der Waals surface area contributed by atoms with Gasteiger partial charge in [-0.3, -0.25) is 0 Å². The van der Waals surface area contributed by atoms with Crippen molar-refractivity contribution in [3.8, 4) is 6.26 Å². The van der Waals surface area contributed by atoms with E-state index in [-0.39, 0.29) is 0 Å². The van der Waals surface area contributed by atoms with Crippen molar-refractivity contribution in [1.82, 2.24) is 0 Å². The van der Waals surface area contributed by atoms with Crippen LogP contribution < -0.4 is 5.11 Å². The minimum Gasteiger partial charge on any atom is -0.812 e. The zero-order chi connectivity index (χ0) is 13.6. The molecule has 0 heterocycles. The predicted octanol–water partition coefficient (Wildman–Crippen LogP) is 2.66. The summed E-state index contributed by atoms with van der Waals surface area (Å²) in [7, 11) is 2.45. The maximum Gasteiger partial charge on any atom is 0.0784 e. The van der Waals surface area contributed by atoms with Crippen LogP contribution in [-0.4, -0.2) is 31.2 Å². The minimum atomic E-state index is 0.500. The molecule has 0 amide bonds. The van der Waals surface area contributed by atoms with Crippen LogP contribution in [-0.2, 0) is 0 Å². The summed E-state index contributed by atoms with van der Waals surface area (Å²) in [5.41, 5.74) is 0. The van der Waals surface area contributed by atoms with Gasteiger partial charge >= 0.3 is 0 Å². The largest absolute Gasteiger partial charge is 0.812 e. The maximum absolute atomic E-state index is 8.24. The Hall–Kier alpha value is -0.750. The highest BCUT2D eigenvalue weighted by Gasteiger charge is 2.18. The van der Waals surface area contributed by atoms with Crippen molar-refractivity contribution in [2.75, 3.05) is 26.7 Å². The highest BCUT2D eigenvalue weighted by molar-refractivity contribution is 4.43. The number of rotatable bonds is 9. The second-order valence-electron chi connectivity index (χ2n) is 4.94. The Kier molecular flexibility index (Phi) is 14.6. The predicted molar refractivity (Wildman–Crippen MR) is 71.1 cm³/mol. The van der Waals surface area contributed by atoms with Gasteiger partial charge in [0.05, 0.1) is 26.7 Å². The summed E-state index contributed by atoms with van der Waals surface area (Å²) in [6, 6.07) is 0. The Labute approximate surface area is 108 Å². The van der Waals surface area contributed by atoms with Gasteiger partial charge < -0.3 is 9.59 Å². The van der Waals surface area contributed by atoms with Crippen molar-refractivity contribution in [1.29, 1.82) is 5.26 Å². The molecular formula is C14H30N2O. The van der Waals surface area contributed by atoms with Crippen molar-refractivity contribution in [3.05, 3.63) is 0 Å². The molecule has 102 valence electrons. The SMILES string of the molecule is CCCC[N+](C)(CCCC)CCCC.N#C[O-]. The number of unbranched alkanes of at least 4 members (excludes halogenated alkanes) is 3. The molecule has 0 atom stereocenters. The summed E-state index contributed by atoms with van der Waals surface area (Å²) in [6.45, 7) is 11.0. The Morgan fingerprint density at radius 3 is 1.29 bits per heavy atom. The van der Waals surface area contributed by atoms with E-state index in [9.17, 15) is 0 Å². The Morgan fingerprint density at radius 2 is 1.12 bits per heavy atom. The standard InChI is InChI=1S/C13H30N.CHNO/c1-5-8-11-14(4,12-9-6-2)13-10-7-3;2-1-3/h5-13H2,1-4H3;3H/q+1;/p-1. The second kappa shape index (κ2) is 13.3. The number of nitriles is 1. The van der Waals surface area contributed by atoms with E-state index in [0.29, 0.717) is 6.26 Å². The first kappa shape index (κ1) is 18.6. The monoisotopic (exact) mass is 242 g/mol. The van der Waals surface area contributed by atoms with Gasteiger partial charge in [0.25, 0.3) is 0 Å². The number of nitrogens with zero attached hydrogens (tertiary/aromatic N) is 2. The van der Waals surface area contributed by atoms with Crippen LogP contribution in [0.4, 0.5) is 0 Å². The molecule has 0 radical (unpaired) electrons. The van der Waals surface area contributed by atoms with Crippen molar-refractivity contribution in [2.24, 2.45) is 0 Å². The molecule has 0 fully saturated rings. The third-order valence-electron chi connectivity index (χ3n) is 3.15. The molecule has 0 spiro atoms. The quantitative estimate of drug-likeness (QED) is 0.461. The van der Waals surface area contributed by atoms with Crippen LogP contribution in [0.5, 0.6) is 0 Å². The van der Waals surface area contributed by atoms with Crippen molar-refractivity contribution in [3.63, 3.8) is 0 Å². The molecule has 0 aromatic rings. The van der Waals surface area contributed by atoms with Crippen LogP contribution in [0.2, 0.25) is 0 Å². The van der Waals surface area contributed by atoms with Crippen molar-refractivity contribution >= 4 is 0 Å². The molecule has 0 saturated carbocycles. The van der Waals surface area contributed by atoms with Gasteiger partial charge in [0.15, 0.2) is 0 Å². The lowest BCUT2D eigenvalue weighted by molar-refractivity contribution is -0.910. The summed E-state index contributed by atoms with van der Waals surface area (Å²) in [4.78, 5) is 0. The summed E-state index contributed by atoms with van der Waals surface area (Å²) < 4.78 is 1.32. The van der Waals surface area contributed by atoms with Gasteiger partial charge in [0.2, 0.25) is 0 Å². The third-order valence-corrected chi connectivity index (χ3v) is 3.15. The van der Waals surface area contributed by atoms with E-state index in [2.05, 4.69) is 27.8 Å². The normalized spacial score (nSPS) is 10.3. The fraction of sp³-hybridized carbons (Fsp3) is 0.929. The molecule has 17 heavy (non-hydrogen) atoms. The fourth-order valence-electron chi connectivity index (χ4n) is 1.95. The first-order valence-electron chi connectivity index (χ1n) is 6.94. The molecule has 0 aliphatic heterocycles. The Morgan fingerprint density at radius 1 is 0.882 bits per heavy atom. The third kappa shape index (κ3) is 13.2. The number of quaternary nitrogens is 1. The minimum absolute atomic E-state index is 0.500. The molecule has 3 heteroatoms. The molecule has 0 bridgehead atoms. The zero-order valence-electron chi connectivity index (χ0n) is 12.2. The van der Waals surface area contributed by atoms with Crippen LogP contribution in [0.25, 0.3) is 0 Å². The van der Waals surface area contributed by atoms with Gasteiger partial charge in [0, 0.05) is 6.26 Å². The highest BCUT2D eigenvalue weighted by Crippen LogP contribution is 2.10. The van der Waals surface area contributed by atoms with Gasteiger partial charge in [-0.1, -0.05) is 40.0 Å². The summed E-state index contributed by atoms with van der Waals surface area (Å²) in [6.07, 6.45) is 8.70. The molecule has 0 unspecified atom stereocenters. The van der Waals surface area contributed by atoms with E-state index in [1.54, 1.807) is 0 Å². The van der Waals surface area contributed by atoms with Crippen LogP contribution in [0.15, 0.2) is 0 Å². The lowest BCUT2D eigenvalue weighted by atomic mass is 10.2. The first-order valence-corrected chi connectivity index (χ1v) is 6.94. The summed E-state index contributed by atoms with van der Waals surface area (Å²) >= 11 is 0. The van der Waals surface area contributed by atoms with E-state index < -0.39 is 0 Å². The first-order chi connectivity index (χ1) is 8.10. The Bertz CT molecular complexity index is 165. The highest BCUT2D eigenvalue weighted by atomic mass is 16.2. The molecule has 0 aliphatic carbocycles. The maximum atomic E-state index is 8.24. The van der Waals surface area contributed by atoms with E-state index in [0.717, 1.165) is 0 Å². The lowest BCUT2D eigenvalue weighted by Crippen LogP contribution is -2.46. The van der Waals surface area contributed by atoms with Crippen molar-refractivity contribution in [2.45, 2.75) is 59.3 Å². The number of hydrogen-bond acceptors (Lipinski definition) is 2. The van der Waals surface area contributed by atoms with Gasteiger partial charge in [-0.25, -0.2) is 5.26 Å².